The first kappa shape index (κ1) is 11.5. The standard InChI is InChI=1S/C14H20O2/c1-14(2,15)13-11-7-5-4-6-10(11)8-9-12(13)16-3/h8-9,15H,4-7H2,1-3H3. The Balaban J connectivity index is 2.61. The van der Waals surface area contributed by atoms with E-state index in [0.29, 0.717) is 0 Å². The van der Waals surface area contributed by atoms with Crippen molar-refractivity contribution in [3.8, 4) is 5.75 Å². The molecular formula is C14H20O2. The Morgan fingerprint density at radius 3 is 2.50 bits per heavy atom. The van der Waals surface area contributed by atoms with Crippen LogP contribution in [0.5, 0.6) is 5.75 Å². The van der Waals surface area contributed by atoms with Gasteiger partial charge in [0.15, 0.2) is 0 Å². The summed E-state index contributed by atoms with van der Waals surface area (Å²) < 4.78 is 5.38. The molecule has 0 heterocycles. The number of hydrogen-bond donors (Lipinski definition) is 1. The number of fused-ring (bicyclic) bond motifs is 1. The van der Waals surface area contributed by atoms with Crippen LogP contribution in [0.2, 0.25) is 0 Å². The van der Waals surface area contributed by atoms with Crippen LogP contribution in [0.4, 0.5) is 0 Å². The fourth-order valence-corrected chi connectivity index (χ4v) is 2.65. The number of rotatable bonds is 2. The lowest BCUT2D eigenvalue weighted by Gasteiger charge is -2.28. The van der Waals surface area contributed by atoms with Gasteiger partial charge in [0.25, 0.3) is 0 Å². The lowest BCUT2D eigenvalue weighted by Crippen LogP contribution is -2.21. The van der Waals surface area contributed by atoms with E-state index in [1.54, 1.807) is 7.11 Å². The van der Waals surface area contributed by atoms with Crippen molar-refractivity contribution in [1.29, 1.82) is 0 Å². The van der Waals surface area contributed by atoms with Crippen LogP contribution in [0.3, 0.4) is 0 Å². The minimum atomic E-state index is -0.825. The first-order valence-electron chi connectivity index (χ1n) is 5.95. The van der Waals surface area contributed by atoms with Gasteiger partial charge in [-0.3, -0.25) is 0 Å². The van der Waals surface area contributed by atoms with E-state index in [0.717, 1.165) is 24.2 Å². The molecule has 0 saturated carbocycles. The number of aliphatic hydroxyl groups is 1. The molecule has 2 nitrogen and oxygen atoms in total. The van der Waals surface area contributed by atoms with Gasteiger partial charge in [-0.15, -0.1) is 0 Å². The van der Waals surface area contributed by atoms with Crippen molar-refractivity contribution in [2.75, 3.05) is 7.11 Å². The topological polar surface area (TPSA) is 29.5 Å². The molecule has 2 rings (SSSR count). The summed E-state index contributed by atoms with van der Waals surface area (Å²) in [6.45, 7) is 3.67. The summed E-state index contributed by atoms with van der Waals surface area (Å²) in [5, 5.41) is 10.3. The highest BCUT2D eigenvalue weighted by Crippen LogP contribution is 2.37. The minimum Gasteiger partial charge on any atom is -0.496 e. The van der Waals surface area contributed by atoms with Gasteiger partial charge < -0.3 is 9.84 Å². The molecule has 0 amide bonds. The molecule has 0 bridgehead atoms. The van der Waals surface area contributed by atoms with Crippen LogP contribution in [-0.4, -0.2) is 12.2 Å². The molecule has 0 aromatic heterocycles. The zero-order chi connectivity index (χ0) is 11.8. The van der Waals surface area contributed by atoms with Crippen molar-refractivity contribution in [3.05, 3.63) is 28.8 Å². The van der Waals surface area contributed by atoms with Crippen molar-refractivity contribution in [2.24, 2.45) is 0 Å². The Labute approximate surface area is 97.3 Å². The number of benzene rings is 1. The molecule has 0 fully saturated rings. The first-order valence-corrected chi connectivity index (χ1v) is 5.95. The summed E-state index contributed by atoms with van der Waals surface area (Å²) >= 11 is 0. The van der Waals surface area contributed by atoms with Crippen molar-refractivity contribution in [1.82, 2.24) is 0 Å². The lowest BCUT2D eigenvalue weighted by atomic mass is 9.82. The number of hydrogen-bond acceptors (Lipinski definition) is 2. The molecule has 88 valence electrons. The fraction of sp³-hybridized carbons (Fsp3) is 0.571. The van der Waals surface area contributed by atoms with Gasteiger partial charge in [0.1, 0.15) is 5.75 Å². The molecule has 16 heavy (non-hydrogen) atoms. The van der Waals surface area contributed by atoms with E-state index < -0.39 is 5.60 Å². The zero-order valence-corrected chi connectivity index (χ0v) is 10.3. The summed E-state index contributed by atoms with van der Waals surface area (Å²) in [7, 11) is 1.67. The first-order chi connectivity index (χ1) is 7.54. The van der Waals surface area contributed by atoms with E-state index in [2.05, 4.69) is 6.07 Å². The second-order valence-electron chi connectivity index (χ2n) is 5.05. The Morgan fingerprint density at radius 2 is 1.88 bits per heavy atom. The van der Waals surface area contributed by atoms with E-state index >= 15 is 0 Å². The molecule has 0 atom stereocenters. The van der Waals surface area contributed by atoms with Crippen LogP contribution >= 0.6 is 0 Å². The number of aryl methyl sites for hydroxylation is 1. The Bertz CT molecular complexity index is 388. The van der Waals surface area contributed by atoms with Crippen molar-refractivity contribution < 1.29 is 9.84 Å². The largest absolute Gasteiger partial charge is 0.496 e. The average Bonchev–Trinajstić information content (AvgIpc) is 2.26. The monoisotopic (exact) mass is 220 g/mol. The molecule has 2 heteroatoms. The smallest absolute Gasteiger partial charge is 0.125 e. The Hall–Kier alpha value is -1.02. The summed E-state index contributed by atoms with van der Waals surface area (Å²) in [4.78, 5) is 0. The van der Waals surface area contributed by atoms with E-state index in [-0.39, 0.29) is 0 Å². The molecule has 0 saturated heterocycles. The van der Waals surface area contributed by atoms with Gasteiger partial charge >= 0.3 is 0 Å². The lowest BCUT2D eigenvalue weighted by molar-refractivity contribution is 0.0743. The van der Waals surface area contributed by atoms with Gasteiger partial charge in [0.05, 0.1) is 12.7 Å². The molecule has 0 unspecified atom stereocenters. The van der Waals surface area contributed by atoms with Crippen LogP contribution in [0.25, 0.3) is 0 Å². The minimum absolute atomic E-state index is 0.813. The van der Waals surface area contributed by atoms with Gasteiger partial charge in [-0.2, -0.15) is 0 Å². The van der Waals surface area contributed by atoms with E-state index in [9.17, 15) is 5.11 Å². The highest BCUT2D eigenvalue weighted by Gasteiger charge is 2.27. The van der Waals surface area contributed by atoms with Crippen LogP contribution in [0, 0.1) is 0 Å². The molecule has 0 aliphatic heterocycles. The second kappa shape index (κ2) is 4.10. The second-order valence-corrected chi connectivity index (χ2v) is 5.05. The van der Waals surface area contributed by atoms with Crippen molar-refractivity contribution in [2.45, 2.75) is 45.1 Å². The SMILES string of the molecule is COc1ccc2c(c1C(C)(C)O)CCCC2. The molecular weight excluding hydrogens is 200 g/mol. The molecule has 1 aliphatic rings. The molecule has 0 radical (unpaired) electrons. The summed E-state index contributed by atoms with van der Waals surface area (Å²) in [5.41, 5.74) is 2.84. The summed E-state index contributed by atoms with van der Waals surface area (Å²) in [6, 6.07) is 4.13. The zero-order valence-electron chi connectivity index (χ0n) is 10.3. The third-order valence-corrected chi connectivity index (χ3v) is 3.33. The number of methoxy groups -OCH3 is 1. The third kappa shape index (κ3) is 1.94. The maximum Gasteiger partial charge on any atom is 0.125 e. The van der Waals surface area contributed by atoms with Crippen molar-refractivity contribution >= 4 is 0 Å². The van der Waals surface area contributed by atoms with Gasteiger partial charge in [-0.1, -0.05) is 6.07 Å². The van der Waals surface area contributed by atoms with Gasteiger partial charge in [-0.25, -0.2) is 0 Å². The predicted octanol–water partition coefficient (Wildman–Crippen LogP) is 2.80. The Kier molecular flexibility index (Phi) is 2.94. The van der Waals surface area contributed by atoms with Gasteiger partial charge in [0, 0.05) is 5.56 Å². The molecule has 1 aromatic rings. The molecule has 0 spiro atoms. The van der Waals surface area contributed by atoms with E-state index in [1.165, 1.54) is 24.0 Å². The van der Waals surface area contributed by atoms with Gasteiger partial charge in [-0.05, 0) is 56.7 Å². The Morgan fingerprint density at radius 1 is 1.19 bits per heavy atom. The summed E-state index contributed by atoms with van der Waals surface area (Å²) in [6.07, 6.45) is 4.65. The van der Waals surface area contributed by atoms with Crippen LogP contribution in [0.15, 0.2) is 12.1 Å². The molecule has 1 aromatic carbocycles. The molecule has 1 aliphatic carbocycles. The summed E-state index contributed by atoms with van der Waals surface area (Å²) in [5.74, 6) is 0.813. The third-order valence-electron chi connectivity index (χ3n) is 3.33. The van der Waals surface area contributed by atoms with E-state index in [1.807, 2.05) is 19.9 Å². The van der Waals surface area contributed by atoms with Crippen LogP contribution < -0.4 is 4.74 Å². The predicted molar refractivity (Wildman–Crippen MR) is 64.9 cm³/mol. The van der Waals surface area contributed by atoms with Crippen LogP contribution in [0.1, 0.15) is 43.4 Å². The maximum absolute atomic E-state index is 10.3. The number of ether oxygens (including phenoxy) is 1. The highest BCUT2D eigenvalue weighted by atomic mass is 16.5. The quantitative estimate of drug-likeness (QED) is 0.830. The maximum atomic E-state index is 10.3. The average molecular weight is 220 g/mol. The van der Waals surface area contributed by atoms with Gasteiger partial charge in [0.2, 0.25) is 0 Å². The van der Waals surface area contributed by atoms with Crippen molar-refractivity contribution in [3.63, 3.8) is 0 Å². The highest BCUT2D eigenvalue weighted by molar-refractivity contribution is 5.49. The molecule has 1 N–H and O–H groups in total. The normalized spacial score (nSPS) is 15.8. The van der Waals surface area contributed by atoms with Crippen LogP contribution in [-0.2, 0) is 18.4 Å². The van der Waals surface area contributed by atoms with E-state index in [4.69, 9.17) is 4.74 Å². The fourth-order valence-electron chi connectivity index (χ4n) is 2.65.